The number of hydrogen-bond donors (Lipinski definition) is 2. The number of amides is 1. The Morgan fingerprint density at radius 3 is 2.78 bits per heavy atom. The van der Waals surface area contributed by atoms with Gasteiger partial charge in [-0.2, -0.15) is 5.10 Å². The summed E-state index contributed by atoms with van der Waals surface area (Å²) >= 11 is 0. The van der Waals surface area contributed by atoms with Crippen molar-refractivity contribution < 1.29 is 9.42 Å². The second-order valence-electron chi connectivity index (χ2n) is 5.91. The molecular formula is C14H19N7O2. The van der Waals surface area contributed by atoms with Crippen molar-refractivity contribution in [1.82, 2.24) is 30.7 Å². The number of fused-ring (bicyclic) bond motifs is 1. The molecule has 2 aromatic heterocycles. The zero-order chi connectivity index (χ0) is 15.8. The van der Waals surface area contributed by atoms with Crippen molar-refractivity contribution in [2.45, 2.75) is 19.9 Å². The normalized spacial score (nSPS) is 18.1. The maximum absolute atomic E-state index is 12.8. The summed E-state index contributed by atoms with van der Waals surface area (Å²) in [5, 5.41) is 18.2. The van der Waals surface area contributed by atoms with Crippen LogP contribution in [-0.4, -0.2) is 64.0 Å². The number of anilines is 1. The van der Waals surface area contributed by atoms with Crippen LogP contribution in [0.1, 0.15) is 27.4 Å². The average molecular weight is 317 g/mol. The van der Waals surface area contributed by atoms with Crippen LogP contribution in [-0.2, 0) is 13.0 Å². The molecule has 2 aliphatic heterocycles. The van der Waals surface area contributed by atoms with E-state index in [1.54, 1.807) is 0 Å². The number of aryl methyl sites for hydroxylation is 1. The Bertz CT molecular complexity index is 715. The average Bonchev–Trinajstić information content (AvgIpc) is 3.20. The van der Waals surface area contributed by atoms with Gasteiger partial charge < -0.3 is 15.1 Å². The molecule has 0 aromatic carbocycles. The Morgan fingerprint density at radius 1 is 1.22 bits per heavy atom. The molecule has 0 radical (unpaired) electrons. The number of rotatable bonds is 2. The van der Waals surface area contributed by atoms with E-state index < -0.39 is 0 Å². The van der Waals surface area contributed by atoms with Gasteiger partial charge in [-0.15, -0.1) is 0 Å². The third-order valence-electron chi connectivity index (χ3n) is 4.50. The van der Waals surface area contributed by atoms with Crippen molar-refractivity contribution in [3.05, 3.63) is 22.6 Å². The lowest BCUT2D eigenvalue weighted by molar-refractivity contribution is 0.0739. The van der Waals surface area contributed by atoms with Gasteiger partial charge in [-0.1, -0.05) is 5.16 Å². The highest BCUT2D eigenvalue weighted by Gasteiger charge is 2.29. The summed E-state index contributed by atoms with van der Waals surface area (Å²) in [4.78, 5) is 16.7. The van der Waals surface area contributed by atoms with Gasteiger partial charge in [0.15, 0.2) is 11.5 Å². The Morgan fingerprint density at radius 2 is 2.04 bits per heavy atom. The molecule has 9 nitrogen and oxygen atoms in total. The van der Waals surface area contributed by atoms with Crippen LogP contribution in [0.4, 0.5) is 5.82 Å². The summed E-state index contributed by atoms with van der Waals surface area (Å²) in [7, 11) is 0. The zero-order valence-electron chi connectivity index (χ0n) is 13.0. The van der Waals surface area contributed by atoms with E-state index in [9.17, 15) is 4.79 Å². The summed E-state index contributed by atoms with van der Waals surface area (Å²) < 4.78 is 4.75. The molecule has 2 aliphatic rings. The molecule has 0 spiro atoms. The van der Waals surface area contributed by atoms with Crippen LogP contribution in [0, 0.1) is 6.92 Å². The van der Waals surface area contributed by atoms with Crippen LogP contribution < -0.4 is 10.2 Å². The number of carbonyl (C=O) groups is 1. The molecule has 4 rings (SSSR count). The van der Waals surface area contributed by atoms with E-state index in [-0.39, 0.29) is 5.91 Å². The first-order valence-corrected chi connectivity index (χ1v) is 7.84. The molecule has 0 atom stereocenters. The summed E-state index contributed by atoms with van der Waals surface area (Å²) in [6.07, 6.45) is 0.844. The smallest absolute Gasteiger partial charge is 0.274 e. The topological polar surface area (TPSA) is 103 Å². The summed E-state index contributed by atoms with van der Waals surface area (Å²) in [6, 6.07) is 0. The number of H-pyrrole nitrogens is 1. The molecule has 2 N–H and O–H groups in total. The van der Waals surface area contributed by atoms with Gasteiger partial charge >= 0.3 is 0 Å². The number of carbonyl (C=O) groups excluding carboxylic acids is 1. The summed E-state index contributed by atoms with van der Waals surface area (Å²) in [5.41, 5.74) is 3.45. The van der Waals surface area contributed by atoms with Crippen molar-refractivity contribution >= 4 is 11.7 Å². The molecule has 0 saturated carbocycles. The zero-order valence-corrected chi connectivity index (χ0v) is 13.0. The fourth-order valence-electron chi connectivity index (χ4n) is 3.21. The Balaban J connectivity index is 1.45. The molecule has 23 heavy (non-hydrogen) atoms. The minimum absolute atomic E-state index is 0.0130. The number of aromatic amines is 1. The van der Waals surface area contributed by atoms with Crippen LogP contribution in [0.15, 0.2) is 4.63 Å². The lowest BCUT2D eigenvalue weighted by Crippen LogP contribution is -2.49. The van der Waals surface area contributed by atoms with Crippen LogP contribution in [0.2, 0.25) is 0 Å². The Kier molecular flexibility index (Phi) is 3.49. The molecule has 1 fully saturated rings. The summed E-state index contributed by atoms with van der Waals surface area (Å²) in [6.45, 7) is 6.23. The molecule has 0 unspecified atom stereocenters. The van der Waals surface area contributed by atoms with Gasteiger partial charge in [0, 0.05) is 38.3 Å². The van der Waals surface area contributed by atoms with Crippen molar-refractivity contribution in [3.63, 3.8) is 0 Å². The monoisotopic (exact) mass is 317 g/mol. The molecule has 4 heterocycles. The highest BCUT2D eigenvalue weighted by atomic mass is 16.6. The summed E-state index contributed by atoms with van der Waals surface area (Å²) in [5.74, 6) is 0.777. The first-order valence-electron chi connectivity index (χ1n) is 7.84. The number of hydrogen-bond acceptors (Lipinski definition) is 7. The van der Waals surface area contributed by atoms with Crippen LogP contribution in [0.25, 0.3) is 0 Å². The quantitative estimate of drug-likeness (QED) is 0.784. The van der Waals surface area contributed by atoms with E-state index in [1.807, 2.05) is 11.8 Å². The first-order chi connectivity index (χ1) is 11.2. The van der Waals surface area contributed by atoms with Crippen molar-refractivity contribution in [1.29, 1.82) is 0 Å². The van der Waals surface area contributed by atoms with Crippen LogP contribution in [0.3, 0.4) is 0 Å². The van der Waals surface area contributed by atoms with Crippen LogP contribution >= 0.6 is 0 Å². The molecule has 122 valence electrons. The van der Waals surface area contributed by atoms with Gasteiger partial charge in [0.05, 0.1) is 5.69 Å². The maximum Gasteiger partial charge on any atom is 0.274 e. The van der Waals surface area contributed by atoms with Crippen molar-refractivity contribution in [3.8, 4) is 0 Å². The predicted molar refractivity (Wildman–Crippen MR) is 81.1 cm³/mol. The maximum atomic E-state index is 12.8. The molecular weight excluding hydrogens is 298 g/mol. The van der Waals surface area contributed by atoms with Crippen molar-refractivity contribution in [2.75, 3.05) is 37.6 Å². The molecule has 0 bridgehead atoms. The first kappa shape index (κ1) is 14.2. The standard InChI is InChI=1S/C14H19N7O2/c1-9-13(19-23-18-9)20-4-6-21(7-5-20)14(22)12-10-2-3-15-8-11(10)16-17-12/h15H,2-8H2,1H3,(H,16,17). The lowest BCUT2D eigenvalue weighted by Gasteiger charge is -2.34. The fourth-order valence-corrected chi connectivity index (χ4v) is 3.21. The van der Waals surface area contributed by atoms with Gasteiger partial charge in [0.1, 0.15) is 5.69 Å². The highest BCUT2D eigenvalue weighted by molar-refractivity contribution is 5.94. The van der Waals surface area contributed by atoms with E-state index in [0.29, 0.717) is 18.8 Å². The SMILES string of the molecule is Cc1nonc1N1CCN(C(=O)c2n[nH]c3c2CCNC3)CC1. The number of nitrogens with one attached hydrogen (secondary N) is 2. The highest BCUT2D eigenvalue weighted by Crippen LogP contribution is 2.20. The van der Waals surface area contributed by atoms with Gasteiger partial charge in [-0.25, -0.2) is 4.63 Å². The van der Waals surface area contributed by atoms with Gasteiger partial charge in [-0.3, -0.25) is 9.89 Å². The lowest BCUT2D eigenvalue weighted by atomic mass is 10.1. The number of aromatic nitrogens is 4. The van der Waals surface area contributed by atoms with E-state index in [2.05, 4.69) is 30.7 Å². The van der Waals surface area contributed by atoms with E-state index in [0.717, 1.165) is 55.4 Å². The predicted octanol–water partition coefficient (Wildman–Crippen LogP) is -0.291. The molecule has 0 aliphatic carbocycles. The number of piperazine rings is 1. The third kappa shape index (κ3) is 2.46. The largest absolute Gasteiger partial charge is 0.349 e. The van der Waals surface area contributed by atoms with Crippen molar-refractivity contribution in [2.24, 2.45) is 0 Å². The van der Waals surface area contributed by atoms with Gasteiger partial charge in [0.2, 0.25) is 0 Å². The van der Waals surface area contributed by atoms with E-state index in [4.69, 9.17) is 4.63 Å². The number of nitrogens with zero attached hydrogens (tertiary/aromatic N) is 5. The minimum Gasteiger partial charge on any atom is -0.349 e. The minimum atomic E-state index is 0.0130. The third-order valence-corrected chi connectivity index (χ3v) is 4.50. The molecule has 9 heteroatoms. The van der Waals surface area contributed by atoms with E-state index >= 15 is 0 Å². The second-order valence-corrected chi connectivity index (χ2v) is 5.91. The molecule has 1 saturated heterocycles. The molecule has 2 aromatic rings. The second kappa shape index (κ2) is 5.65. The molecule has 1 amide bonds. The van der Waals surface area contributed by atoms with E-state index in [1.165, 1.54) is 0 Å². The van der Waals surface area contributed by atoms with Crippen LogP contribution in [0.5, 0.6) is 0 Å². The van der Waals surface area contributed by atoms with Gasteiger partial charge in [-0.05, 0) is 25.0 Å². The Hall–Kier alpha value is -2.42. The fraction of sp³-hybridized carbons (Fsp3) is 0.571. The Labute approximate surface area is 133 Å². The van der Waals surface area contributed by atoms with Gasteiger partial charge in [0.25, 0.3) is 5.91 Å².